The SMILES string of the molecule is Cc1sccc1C1(O)CCCC(CC(C)C)C1. The van der Waals surface area contributed by atoms with Crippen molar-refractivity contribution in [2.75, 3.05) is 0 Å². The van der Waals surface area contributed by atoms with Crippen LogP contribution in [0.15, 0.2) is 11.4 Å². The van der Waals surface area contributed by atoms with Crippen LogP contribution in [0, 0.1) is 18.8 Å². The summed E-state index contributed by atoms with van der Waals surface area (Å²) < 4.78 is 0. The van der Waals surface area contributed by atoms with Gasteiger partial charge in [0.1, 0.15) is 0 Å². The molecule has 2 heteroatoms. The lowest BCUT2D eigenvalue weighted by Crippen LogP contribution is -2.33. The van der Waals surface area contributed by atoms with Crippen molar-refractivity contribution in [2.45, 2.75) is 58.5 Å². The van der Waals surface area contributed by atoms with Crippen molar-refractivity contribution in [3.8, 4) is 0 Å². The lowest BCUT2D eigenvalue weighted by molar-refractivity contribution is -0.0245. The zero-order chi connectivity index (χ0) is 12.5. The fourth-order valence-electron chi connectivity index (χ4n) is 3.35. The third kappa shape index (κ3) is 2.92. The molecule has 1 fully saturated rings. The van der Waals surface area contributed by atoms with Crippen LogP contribution in [0.25, 0.3) is 0 Å². The molecular formula is C15H24OS. The number of aliphatic hydroxyl groups is 1. The van der Waals surface area contributed by atoms with Gasteiger partial charge in [-0.2, -0.15) is 0 Å². The smallest absolute Gasteiger partial charge is 0.0909 e. The van der Waals surface area contributed by atoms with Gasteiger partial charge in [-0.3, -0.25) is 0 Å². The molecule has 1 nitrogen and oxygen atoms in total. The molecule has 1 aliphatic carbocycles. The topological polar surface area (TPSA) is 20.2 Å². The molecule has 0 radical (unpaired) electrons. The monoisotopic (exact) mass is 252 g/mol. The van der Waals surface area contributed by atoms with Crippen LogP contribution in [0.1, 0.15) is 56.4 Å². The van der Waals surface area contributed by atoms with Gasteiger partial charge in [0.2, 0.25) is 0 Å². The Kier molecular flexibility index (Phi) is 3.94. The number of rotatable bonds is 3. The van der Waals surface area contributed by atoms with Crippen molar-refractivity contribution < 1.29 is 5.11 Å². The highest BCUT2D eigenvalue weighted by molar-refractivity contribution is 7.10. The quantitative estimate of drug-likeness (QED) is 0.841. The zero-order valence-corrected chi connectivity index (χ0v) is 12.0. The first-order valence-electron chi connectivity index (χ1n) is 6.78. The van der Waals surface area contributed by atoms with E-state index in [1.54, 1.807) is 11.3 Å². The Hall–Kier alpha value is -0.340. The van der Waals surface area contributed by atoms with Gasteiger partial charge in [-0.05, 0) is 61.5 Å². The Morgan fingerprint density at radius 3 is 2.88 bits per heavy atom. The number of hydrogen-bond acceptors (Lipinski definition) is 2. The van der Waals surface area contributed by atoms with Crippen LogP contribution in [0.3, 0.4) is 0 Å². The van der Waals surface area contributed by atoms with Gasteiger partial charge in [0.25, 0.3) is 0 Å². The van der Waals surface area contributed by atoms with E-state index >= 15 is 0 Å². The summed E-state index contributed by atoms with van der Waals surface area (Å²) in [5.74, 6) is 1.44. The molecule has 1 saturated carbocycles. The highest BCUT2D eigenvalue weighted by Crippen LogP contribution is 2.43. The molecule has 0 saturated heterocycles. The molecular weight excluding hydrogens is 228 g/mol. The van der Waals surface area contributed by atoms with Crippen molar-refractivity contribution >= 4 is 11.3 Å². The third-order valence-electron chi connectivity index (χ3n) is 3.99. The van der Waals surface area contributed by atoms with Crippen molar-refractivity contribution in [1.29, 1.82) is 0 Å². The van der Waals surface area contributed by atoms with E-state index in [9.17, 15) is 5.11 Å². The Balaban J connectivity index is 2.12. The summed E-state index contributed by atoms with van der Waals surface area (Å²) in [7, 11) is 0. The maximum absolute atomic E-state index is 10.9. The van der Waals surface area contributed by atoms with Gasteiger partial charge in [-0.25, -0.2) is 0 Å². The molecule has 1 aromatic rings. The standard InChI is InChI=1S/C15H24OS/c1-11(2)9-13-5-4-7-15(16,10-13)14-6-8-17-12(14)3/h6,8,11,13,16H,4-5,7,9-10H2,1-3H3. The molecule has 1 heterocycles. The number of thiophene rings is 1. The van der Waals surface area contributed by atoms with Gasteiger partial charge in [0.05, 0.1) is 5.60 Å². The Bertz CT molecular complexity index is 369. The molecule has 0 spiro atoms. The molecule has 1 aliphatic rings. The van der Waals surface area contributed by atoms with E-state index in [1.165, 1.54) is 29.7 Å². The van der Waals surface area contributed by atoms with Crippen molar-refractivity contribution in [3.63, 3.8) is 0 Å². The maximum Gasteiger partial charge on any atom is 0.0909 e. The normalized spacial score (nSPS) is 29.8. The van der Waals surface area contributed by atoms with Crippen LogP contribution in [0.2, 0.25) is 0 Å². The highest BCUT2D eigenvalue weighted by atomic mass is 32.1. The van der Waals surface area contributed by atoms with Crippen molar-refractivity contribution in [1.82, 2.24) is 0 Å². The van der Waals surface area contributed by atoms with Gasteiger partial charge >= 0.3 is 0 Å². The second-order valence-electron chi connectivity index (χ2n) is 6.01. The van der Waals surface area contributed by atoms with Gasteiger partial charge in [-0.15, -0.1) is 11.3 Å². The molecule has 2 atom stereocenters. The van der Waals surface area contributed by atoms with E-state index in [-0.39, 0.29) is 0 Å². The van der Waals surface area contributed by atoms with Crippen molar-refractivity contribution in [3.05, 3.63) is 21.9 Å². The lowest BCUT2D eigenvalue weighted by atomic mass is 9.72. The van der Waals surface area contributed by atoms with Crippen LogP contribution in [0.5, 0.6) is 0 Å². The minimum absolute atomic E-state index is 0.540. The fourth-order valence-corrected chi connectivity index (χ4v) is 4.14. The summed E-state index contributed by atoms with van der Waals surface area (Å²) in [5.41, 5.74) is 0.651. The van der Waals surface area contributed by atoms with Crippen molar-refractivity contribution in [2.24, 2.45) is 11.8 Å². The third-order valence-corrected chi connectivity index (χ3v) is 4.84. The van der Waals surface area contributed by atoms with E-state index in [4.69, 9.17) is 0 Å². The predicted molar refractivity (Wildman–Crippen MR) is 74.4 cm³/mol. The van der Waals surface area contributed by atoms with Crippen LogP contribution in [0.4, 0.5) is 0 Å². The molecule has 1 aromatic heterocycles. The summed E-state index contributed by atoms with van der Waals surface area (Å²) in [6.45, 7) is 6.69. The second-order valence-corrected chi connectivity index (χ2v) is 7.13. The lowest BCUT2D eigenvalue weighted by Gasteiger charge is -2.38. The van der Waals surface area contributed by atoms with Gasteiger partial charge in [0.15, 0.2) is 0 Å². The van der Waals surface area contributed by atoms with E-state index < -0.39 is 5.60 Å². The van der Waals surface area contributed by atoms with Gasteiger partial charge < -0.3 is 5.11 Å². The van der Waals surface area contributed by atoms with E-state index in [0.717, 1.165) is 18.8 Å². The van der Waals surface area contributed by atoms with Crippen LogP contribution in [-0.4, -0.2) is 5.11 Å². The second kappa shape index (κ2) is 5.11. The summed E-state index contributed by atoms with van der Waals surface area (Å²) in [5, 5.41) is 13.0. The molecule has 1 N–H and O–H groups in total. The van der Waals surface area contributed by atoms with Crippen LogP contribution in [-0.2, 0) is 5.60 Å². The van der Waals surface area contributed by atoms with Gasteiger partial charge in [-0.1, -0.05) is 20.3 Å². The summed E-state index contributed by atoms with van der Waals surface area (Å²) in [6.07, 6.45) is 5.63. The van der Waals surface area contributed by atoms with E-state index in [1.807, 2.05) is 0 Å². The average molecular weight is 252 g/mol. The molecule has 0 aromatic carbocycles. The summed E-state index contributed by atoms with van der Waals surface area (Å²) in [4.78, 5) is 1.29. The average Bonchev–Trinajstić information content (AvgIpc) is 2.64. The largest absolute Gasteiger partial charge is 0.385 e. The number of aryl methyl sites for hydroxylation is 1. The number of hydrogen-bond donors (Lipinski definition) is 1. The van der Waals surface area contributed by atoms with E-state index in [2.05, 4.69) is 32.2 Å². The molecule has 96 valence electrons. The molecule has 0 amide bonds. The van der Waals surface area contributed by atoms with Crippen LogP contribution >= 0.6 is 11.3 Å². The maximum atomic E-state index is 10.9. The first-order chi connectivity index (χ1) is 8.01. The molecule has 17 heavy (non-hydrogen) atoms. The Labute approximate surface area is 109 Å². The molecule has 2 unspecified atom stereocenters. The van der Waals surface area contributed by atoms with E-state index in [0.29, 0.717) is 5.92 Å². The minimum atomic E-state index is -0.540. The Morgan fingerprint density at radius 2 is 2.29 bits per heavy atom. The van der Waals surface area contributed by atoms with Crippen LogP contribution < -0.4 is 0 Å². The summed E-state index contributed by atoms with van der Waals surface area (Å²) in [6, 6.07) is 2.12. The zero-order valence-electron chi connectivity index (χ0n) is 11.2. The molecule has 0 aliphatic heterocycles. The first kappa shape index (κ1) is 13.1. The Morgan fingerprint density at radius 1 is 1.53 bits per heavy atom. The first-order valence-corrected chi connectivity index (χ1v) is 7.66. The fraction of sp³-hybridized carbons (Fsp3) is 0.733. The van der Waals surface area contributed by atoms with Gasteiger partial charge in [0, 0.05) is 4.88 Å². The molecule has 2 rings (SSSR count). The minimum Gasteiger partial charge on any atom is -0.385 e. The highest BCUT2D eigenvalue weighted by Gasteiger charge is 2.37. The summed E-state index contributed by atoms with van der Waals surface area (Å²) >= 11 is 1.75. The predicted octanol–water partition coefficient (Wildman–Crippen LogP) is 4.48. The molecule has 0 bridgehead atoms.